The van der Waals surface area contributed by atoms with Gasteiger partial charge in [-0.05, 0) is 30.3 Å². The van der Waals surface area contributed by atoms with Gasteiger partial charge in [-0.2, -0.15) is 5.10 Å². The van der Waals surface area contributed by atoms with Crippen LogP contribution in [0.25, 0.3) is 22.2 Å². The quantitative estimate of drug-likeness (QED) is 0.575. The second-order valence-electron chi connectivity index (χ2n) is 5.63. The lowest BCUT2D eigenvalue weighted by Gasteiger charge is -2.06. The van der Waals surface area contributed by atoms with Gasteiger partial charge in [-0.15, -0.1) is 0 Å². The number of hydrogen-bond acceptors (Lipinski definition) is 2. The first kappa shape index (κ1) is 15.1. The van der Waals surface area contributed by atoms with Crippen molar-refractivity contribution in [2.45, 2.75) is 0 Å². The van der Waals surface area contributed by atoms with Crippen molar-refractivity contribution in [3.8, 4) is 11.3 Å². The first-order valence-electron chi connectivity index (χ1n) is 7.82. The van der Waals surface area contributed by atoms with E-state index in [0.717, 1.165) is 22.2 Å². The molecule has 0 radical (unpaired) electrons. The van der Waals surface area contributed by atoms with Crippen LogP contribution in [0.1, 0.15) is 10.4 Å². The zero-order chi connectivity index (χ0) is 17.2. The van der Waals surface area contributed by atoms with Crippen LogP contribution in [0.4, 0.5) is 10.1 Å². The summed E-state index contributed by atoms with van der Waals surface area (Å²) < 4.78 is 13.7. The Morgan fingerprint density at radius 1 is 0.960 bits per heavy atom. The smallest absolute Gasteiger partial charge is 0.258 e. The highest BCUT2D eigenvalue weighted by Gasteiger charge is 2.13. The number of aromatic nitrogens is 2. The Morgan fingerprint density at radius 3 is 2.52 bits per heavy atom. The van der Waals surface area contributed by atoms with Crippen LogP contribution in [-0.4, -0.2) is 16.1 Å². The number of nitrogens with zero attached hydrogens (tertiary/aromatic N) is 1. The molecule has 0 aliphatic heterocycles. The number of halogens is 1. The van der Waals surface area contributed by atoms with E-state index in [9.17, 15) is 9.18 Å². The minimum atomic E-state index is -0.547. The second-order valence-corrected chi connectivity index (χ2v) is 5.63. The molecule has 1 aromatic heterocycles. The largest absolute Gasteiger partial charge is 0.322 e. The summed E-state index contributed by atoms with van der Waals surface area (Å²) in [5.41, 5.74) is 3.24. The molecule has 0 unspecified atom stereocenters. The number of benzene rings is 3. The molecule has 5 heteroatoms. The van der Waals surface area contributed by atoms with E-state index < -0.39 is 11.7 Å². The van der Waals surface area contributed by atoms with Gasteiger partial charge >= 0.3 is 0 Å². The number of anilines is 1. The van der Waals surface area contributed by atoms with E-state index in [1.807, 2.05) is 36.4 Å². The van der Waals surface area contributed by atoms with Crippen molar-refractivity contribution in [2.24, 2.45) is 0 Å². The lowest BCUT2D eigenvalue weighted by molar-refractivity contribution is 0.102. The molecule has 0 bridgehead atoms. The van der Waals surface area contributed by atoms with Crippen molar-refractivity contribution in [1.82, 2.24) is 10.2 Å². The van der Waals surface area contributed by atoms with Crippen molar-refractivity contribution in [3.63, 3.8) is 0 Å². The molecule has 0 aliphatic carbocycles. The molecular weight excluding hydrogens is 317 g/mol. The third-order valence-electron chi connectivity index (χ3n) is 3.99. The van der Waals surface area contributed by atoms with Crippen LogP contribution in [0, 0.1) is 5.82 Å². The lowest BCUT2D eigenvalue weighted by Crippen LogP contribution is -2.13. The number of nitrogens with one attached hydrogen (secondary N) is 2. The summed E-state index contributed by atoms with van der Waals surface area (Å²) in [5.74, 6) is -1.03. The molecular formula is C20H14FN3O. The molecule has 4 rings (SSSR count). The molecule has 0 saturated heterocycles. The van der Waals surface area contributed by atoms with Gasteiger partial charge in [0.2, 0.25) is 0 Å². The number of carbonyl (C=O) groups is 1. The monoisotopic (exact) mass is 331 g/mol. The summed E-state index contributed by atoms with van der Waals surface area (Å²) in [6, 6.07) is 21.2. The van der Waals surface area contributed by atoms with Gasteiger partial charge in [0.25, 0.3) is 5.91 Å². The van der Waals surface area contributed by atoms with E-state index in [-0.39, 0.29) is 5.56 Å². The highest BCUT2D eigenvalue weighted by molar-refractivity contribution is 6.05. The Labute approximate surface area is 143 Å². The maximum absolute atomic E-state index is 13.7. The highest BCUT2D eigenvalue weighted by Crippen LogP contribution is 2.28. The van der Waals surface area contributed by atoms with E-state index in [1.54, 1.807) is 24.3 Å². The molecule has 0 fully saturated rings. The number of fused-ring (bicyclic) bond motifs is 1. The van der Waals surface area contributed by atoms with Crippen LogP contribution in [0.3, 0.4) is 0 Å². The van der Waals surface area contributed by atoms with E-state index in [0.29, 0.717) is 5.69 Å². The number of hydrogen-bond donors (Lipinski definition) is 2. The van der Waals surface area contributed by atoms with Gasteiger partial charge in [-0.1, -0.05) is 42.5 Å². The summed E-state index contributed by atoms with van der Waals surface area (Å²) >= 11 is 0. The van der Waals surface area contributed by atoms with Crippen LogP contribution in [0.2, 0.25) is 0 Å². The van der Waals surface area contributed by atoms with Gasteiger partial charge in [-0.25, -0.2) is 4.39 Å². The maximum atomic E-state index is 13.7. The summed E-state index contributed by atoms with van der Waals surface area (Å²) in [6.45, 7) is 0. The summed E-state index contributed by atoms with van der Waals surface area (Å²) in [4.78, 5) is 12.2. The Bertz CT molecular complexity index is 1060. The molecule has 0 saturated carbocycles. The number of rotatable bonds is 3. The minimum Gasteiger partial charge on any atom is -0.322 e. The van der Waals surface area contributed by atoms with E-state index in [2.05, 4.69) is 15.5 Å². The number of amides is 1. The molecule has 4 nitrogen and oxygen atoms in total. The van der Waals surface area contributed by atoms with Gasteiger partial charge in [0.15, 0.2) is 0 Å². The lowest BCUT2D eigenvalue weighted by atomic mass is 10.1. The summed E-state index contributed by atoms with van der Waals surface area (Å²) in [5, 5.41) is 11.0. The molecule has 3 aromatic carbocycles. The van der Waals surface area contributed by atoms with Crippen molar-refractivity contribution in [1.29, 1.82) is 0 Å². The van der Waals surface area contributed by atoms with Crippen LogP contribution in [0.5, 0.6) is 0 Å². The molecule has 25 heavy (non-hydrogen) atoms. The molecule has 0 spiro atoms. The SMILES string of the molecule is O=C(Nc1ccc2c(-c3ccccc3)n[nH]c2c1)c1ccccc1F. The van der Waals surface area contributed by atoms with Crippen LogP contribution < -0.4 is 5.32 Å². The Hall–Kier alpha value is -3.47. The first-order valence-corrected chi connectivity index (χ1v) is 7.82. The van der Waals surface area contributed by atoms with Crippen molar-refractivity contribution < 1.29 is 9.18 Å². The second kappa shape index (κ2) is 6.20. The molecule has 4 aromatic rings. The fraction of sp³-hybridized carbons (Fsp3) is 0. The Morgan fingerprint density at radius 2 is 1.72 bits per heavy atom. The predicted octanol–water partition coefficient (Wildman–Crippen LogP) is 4.62. The third kappa shape index (κ3) is 2.87. The zero-order valence-corrected chi connectivity index (χ0v) is 13.2. The van der Waals surface area contributed by atoms with Gasteiger partial charge in [0.05, 0.1) is 16.8 Å². The Kier molecular flexibility index (Phi) is 3.74. The van der Waals surface area contributed by atoms with Gasteiger partial charge in [-0.3, -0.25) is 9.89 Å². The average molecular weight is 331 g/mol. The van der Waals surface area contributed by atoms with E-state index in [1.165, 1.54) is 12.1 Å². The molecule has 0 aliphatic rings. The van der Waals surface area contributed by atoms with Crippen molar-refractivity contribution in [2.75, 3.05) is 5.32 Å². The minimum absolute atomic E-state index is 0.0113. The van der Waals surface area contributed by atoms with Crippen molar-refractivity contribution >= 4 is 22.5 Å². The van der Waals surface area contributed by atoms with E-state index >= 15 is 0 Å². The normalized spacial score (nSPS) is 10.8. The number of H-pyrrole nitrogens is 1. The van der Waals surface area contributed by atoms with Gasteiger partial charge in [0.1, 0.15) is 5.82 Å². The average Bonchev–Trinajstić information content (AvgIpc) is 3.06. The molecule has 122 valence electrons. The molecule has 0 atom stereocenters. The standard InChI is InChI=1S/C20H14FN3O/c21-17-9-5-4-8-15(17)20(25)22-14-10-11-16-18(12-14)23-24-19(16)13-6-2-1-3-7-13/h1-12H,(H,22,25)(H,23,24). The maximum Gasteiger partial charge on any atom is 0.258 e. The van der Waals surface area contributed by atoms with Crippen LogP contribution >= 0.6 is 0 Å². The molecule has 1 amide bonds. The zero-order valence-electron chi connectivity index (χ0n) is 13.2. The van der Waals surface area contributed by atoms with Gasteiger partial charge in [0, 0.05) is 16.6 Å². The van der Waals surface area contributed by atoms with Crippen LogP contribution in [-0.2, 0) is 0 Å². The number of carbonyl (C=O) groups excluding carboxylic acids is 1. The number of aromatic amines is 1. The summed E-state index contributed by atoms with van der Waals surface area (Å²) in [7, 11) is 0. The predicted molar refractivity (Wildman–Crippen MR) is 95.9 cm³/mol. The van der Waals surface area contributed by atoms with E-state index in [4.69, 9.17) is 0 Å². The highest BCUT2D eigenvalue weighted by atomic mass is 19.1. The van der Waals surface area contributed by atoms with Gasteiger partial charge < -0.3 is 5.32 Å². The third-order valence-corrected chi connectivity index (χ3v) is 3.99. The fourth-order valence-corrected chi connectivity index (χ4v) is 2.76. The summed E-state index contributed by atoms with van der Waals surface area (Å²) in [6.07, 6.45) is 0. The Balaban J connectivity index is 1.65. The fourth-order valence-electron chi connectivity index (χ4n) is 2.76. The molecule has 1 heterocycles. The first-order chi connectivity index (χ1) is 12.2. The molecule has 2 N–H and O–H groups in total. The topological polar surface area (TPSA) is 57.8 Å². The van der Waals surface area contributed by atoms with Crippen LogP contribution in [0.15, 0.2) is 72.8 Å². The van der Waals surface area contributed by atoms with Crippen molar-refractivity contribution in [3.05, 3.63) is 84.2 Å².